The normalized spacial score (nSPS) is 13.2. The van der Waals surface area contributed by atoms with E-state index in [0.717, 1.165) is 5.69 Å². The van der Waals surface area contributed by atoms with E-state index in [0.29, 0.717) is 0 Å². The molecule has 0 saturated carbocycles. The molecule has 0 saturated heterocycles. The van der Waals surface area contributed by atoms with Crippen molar-refractivity contribution in [1.29, 1.82) is 0 Å². The minimum atomic E-state index is -0.0774. The molecule has 1 aliphatic rings. The van der Waals surface area contributed by atoms with Crippen LogP contribution in [0.4, 0.5) is 0 Å². The van der Waals surface area contributed by atoms with Crippen molar-refractivity contribution in [1.82, 2.24) is 9.13 Å². The predicted octanol–water partition coefficient (Wildman–Crippen LogP) is 13.5. The SMILES string of the molecule is CC1(C)c2ccccc2-c2ccc(-n3c4ccccc4c4cc5c6ccccc6n(-c6cccc(-c7cccc(-c8ccccc8)c7)c6)c5cc43)cc21. The minimum Gasteiger partial charge on any atom is -0.309 e. The summed E-state index contributed by atoms with van der Waals surface area (Å²) in [4.78, 5) is 0. The van der Waals surface area contributed by atoms with Crippen LogP contribution >= 0.6 is 0 Å². The quantitative estimate of drug-likeness (QED) is 0.176. The summed E-state index contributed by atoms with van der Waals surface area (Å²) in [6, 6.07) is 67.1. The number of benzene rings is 8. The average Bonchev–Trinajstić information content (AvgIpc) is 3.80. The standard InChI is InChI=1S/C51H36N2/c1-51(2)45-23-9-6-20-39(45)40-27-26-38(30-46(40)51)53-48-25-11-8-22-42(48)44-31-43-41-21-7-10-24-47(41)52(49(43)32-50(44)53)37-19-13-18-36(29-37)35-17-12-16-34(28-35)33-14-4-3-5-15-33/h3-32H,1-2H3. The van der Waals surface area contributed by atoms with Gasteiger partial charge in [-0.2, -0.15) is 0 Å². The van der Waals surface area contributed by atoms with Crippen molar-refractivity contribution in [3.63, 3.8) is 0 Å². The van der Waals surface area contributed by atoms with E-state index in [1.165, 1.54) is 93.8 Å². The maximum absolute atomic E-state index is 2.48. The number of rotatable bonds is 4. The third-order valence-electron chi connectivity index (χ3n) is 11.7. The minimum absolute atomic E-state index is 0.0774. The highest BCUT2D eigenvalue weighted by molar-refractivity contribution is 6.19. The van der Waals surface area contributed by atoms with Gasteiger partial charge in [-0.05, 0) is 99.1 Å². The second-order valence-corrected chi connectivity index (χ2v) is 15.0. The molecule has 2 aromatic heterocycles. The lowest BCUT2D eigenvalue weighted by molar-refractivity contribution is 0.660. The summed E-state index contributed by atoms with van der Waals surface area (Å²) >= 11 is 0. The van der Waals surface area contributed by atoms with Crippen molar-refractivity contribution in [2.24, 2.45) is 0 Å². The highest BCUT2D eigenvalue weighted by atomic mass is 15.0. The molecule has 250 valence electrons. The van der Waals surface area contributed by atoms with Crippen LogP contribution in [0.15, 0.2) is 182 Å². The third kappa shape index (κ3) is 4.39. The Morgan fingerprint density at radius 2 is 0.849 bits per heavy atom. The van der Waals surface area contributed by atoms with Gasteiger partial charge in [0.1, 0.15) is 0 Å². The lowest BCUT2D eigenvalue weighted by atomic mass is 9.82. The Morgan fingerprint density at radius 1 is 0.321 bits per heavy atom. The Morgan fingerprint density at radius 3 is 1.57 bits per heavy atom. The second kappa shape index (κ2) is 11.2. The molecule has 0 bridgehead atoms. The molecular weight excluding hydrogens is 641 g/mol. The Bertz CT molecular complexity index is 3080. The highest BCUT2D eigenvalue weighted by Gasteiger charge is 2.35. The van der Waals surface area contributed by atoms with Gasteiger partial charge in [-0.1, -0.05) is 141 Å². The highest BCUT2D eigenvalue weighted by Crippen LogP contribution is 2.49. The smallest absolute Gasteiger partial charge is 0.0562 e. The summed E-state index contributed by atoms with van der Waals surface area (Å²) in [5.74, 6) is 0. The Kier molecular flexibility index (Phi) is 6.33. The first kappa shape index (κ1) is 30.0. The lowest BCUT2D eigenvalue weighted by Gasteiger charge is -2.22. The van der Waals surface area contributed by atoms with Crippen molar-refractivity contribution >= 4 is 43.6 Å². The maximum atomic E-state index is 2.48. The predicted molar refractivity (Wildman–Crippen MR) is 224 cm³/mol. The largest absolute Gasteiger partial charge is 0.309 e. The van der Waals surface area contributed by atoms with Gasteiger partial charge in [0, 0.05) is 38.3 Å². The maximum Gasteiger partial charge on any atom is 0.0562 e. The molecule has 0 fully saturated rings. The molecule has 2 heterocycles. The summed E-state index contributed by atoms with van der Waals surface area (Å²) < 4.78 is 4.94. The molecule has 0 amide bonds. The third-order valence-corrected chi connectivity index (χ3v) is 11.7. The second-order valence-electron chi connectivity index (χ2n) is 15.0. The summed E-state index contributed by atoms with van der Waals surface area (Å²) in [5, 5.41) is 5.06. The van der Waals surface area contributed by atoms with Gasteiger partial charge >= 0.3 is 0 Å². The van der Waals surface area contributed by atoms with Crippen LogP contribution in [-0.4, -0.2) is 9.13 Å². The first-order chi connectivity index (χ1) is 26.0. The van der Waals surface area contributed by atoms with Crippen molar-refractivity contribution in [2.45, 2.75) is 19.3 Å². The molecule has 0 aliphatic heterocycles. The number of fused-ring (bicyclic) bond motifs is 9. The molecule has 1 aliphatic carbocycles. The molecule has 2 nitrogen and oxygen atoms in total. The molecule has 0 spiro atoms. The summed E-state index contributed by atoms with van der Waals surface area (Å²) in [6.07, 6.45) is 0. The average molecular weight is 677 g/mol. The molecule has 0 unspecified atom stereocenters. The van der Waals surface area contributed by atoms with Gasteiger partial charge in [0.25, 0.3) is 0 Å². The number of hydrogen-bond donors (Lipinski definition) is 0. The van der Waals surface area contributed by atoms with Gasteiger partial charge in [-0.25, -0.2) is 0 Å². The molecule has 53 heavy (non-hydrogen) atoms. The number of aromatic nitrogens is 2. The van der Waals surface area contributed by atoms with Gasteiger partial charge < -0.3 is 9.13 Å². The van der Waals surface area contributed by atoms with Crippen LogP contribution in [0.25, 0.3) is 88.4 Å². The molecule has 0 atom stereocenters. The number of nitrogens with zero attached hydrogens (tertiary/aromatic N) is 2. The Hall–Kier alpha value is -6.64. The van der Waals surface area contributed by atoms with Crippen LogP contribution in [0, 0.1) is 0 Å². The summed E-state index contributed by atoms with van der Waals surface area (Å²) in [6.45, 7) is 4.72. The number of hydrogen-bond acceptors (Lipinski definition) is 0. The van der Waals surface area contributed by atoms with E-state index in [1.54, 1.807) is 0 Å². The first-order valence-corrected chi connectivity index (χ1v) is 18.5. The van der Waals surface area contributed by atoms with Gasteiger partial charge in [0.2, 0.25) is 0 Å². The molecule has 2 heteroatoms. The fraction of sp³-hybridized carbons (Fsp3) is 0.0588. The molecule has 10 aromatic rings. The zero-order valence-electron chi connectivity index (χ0n) is 29.7. The van der Waals surface area contributed by atoms with E-state index in [2.05, 4.69) is 205 Å². The van der Waals surface area contributed by atoms with Crippen LogP contribution < -0.4 is 0 Å². The van der Waals surface area contributed by atoms with E-state index in [-0.39, 0.29) is 5.41 Å². The van der Waals surface area contributed by atoms with Gasteiger partial charge in [-0.3, -0.25) is 0 Å². The van der Waals surface area contributed by atoms with Crippen LogP contribution in [0.5, 0.6) is 0 Å². The van der Waals surface area contributed by atoms with Crippen LogP contribution in [0.2, 0.25) is 0 Å². The molecule has 8 aromatic carbocycles. The topological polar surface area (TPSA) is 9.86 Å². The van der Waals surface area contributed by atoms with E-state index in [4.69, 9.17) is 0 Å². The fourth-order valence-electron chi connectivity index (χ4n) is 9.15. The summed E-state index contributed by atoms with van der Waals surface area (Å²) in [7, 11) is 0. The van der Waals surface area contributed by atoms with Gasteiger partial charge in [0.05, 0.1) is 22.1 Å². The van der Waals surface area contributed by atoms with E-state index in [1.807, 2.05) is 0 Å². The fourth-order valence-corrected chi connectivity index (χ4v) is 9.15. The number of para-hydroxylation sites is 2. The lowest BCUT2D eigenvalue weighted by Crippen LogP contribution is -2.15. The Balaban J connectivity index is 1.14. The molecular formula is C51H36N2. The van der Waals surface area contributed by atoms with Crippen molar-refractivity contribution in [3.8, 4) is 44.8 Å². The zero-order valence-corrected chi connectivity index (χ0v) is 29.7. The molecule has 0 N–H and O–H groups in total. The van der Waals surface area contributed by atoms with Crippen molar-refractivity contribution in [3.05, 3.63) is 193 Å². The summed E-state index contributed by atoms with van der Waals surface area (Å²) in [5.41, 5.74) is 17.4. The Labute approximate surface area is 308 Å². The molecule has 11 rings (SSSR count). The van der Waals surface area contributed by atoms with Gasteiger partial charge in [-0.15, -0.1) is 0 Å². The van der Waals surface area contributed by atoms with E-state index < -0.39 is 0 Å². The van der Waals surface area contributed by atoms with E-state index in [9.17, 15) is 0 Å². The van der Waals surface area contributed by atoms with E-state index >= 15 is 0 Å². The van der Waals surface area contributed by atoms with Crippen LogP contribution in [0.3, 0.4) is 0 Å². The monoisotopic (exact) mass is 676 g/mol. The first-order valence-electron chi connectivity index (χ1n) is 18.5. The van der Waals surface area contributed by atoms with Crippen molar-refractivity contribution < 1.29 is 0 Å². The van der Waals surface area contributed by atoms with Crippen LogP contribution in [-0.2, 0) is 5.41 Å². The molecule has 0 radical (unpaired) electrons. The van der Waals surface area contributed by atoms with Gasteiger partial charge in [0.15, 0.2) is 0 Å². The van der Waals surface area contributed by atoms with Crippen molar-refractivity contribution in [2.75, 3.05) is 0 Å². The zero-order chi connectivity index (χ0) is 35.3. The van der Waals surface area contributed by atoms with Crippen LogP contribution in [0.1, 0.15) is 25.0 Å².